The number of hydrogen-bond acceptors (Lipinski definition) is 6. The monoisotopic (exact) mass is 370 g/mol. The number of nitrogens with zero attached hydrogens (tertiary/aromatic N) is 2. The Morgan fingerprint density at radius 1 is 1.16 bits per heavy atom. The second-order valence-electron chi connectivity index (χ2n) is 6.89. The highest BCUT2D eigenvalue weighted by atomic mass is 32.2. The van der Waals surface area contributed by atoms with Crippen LogP contribution < -0.4 is 0 Å². The van der Waals surface area contributed by atoms with Crippen LogP contribution in [0.5, 0.6) is 0 Å². The van der Waals surface area contributed by atoms with Crippen LogP contribution in [-0.4, -0.2) is 62.7 Å². The predicted octanol–water partition coefficient (Wildman–Crippen LogP) is 1.85. The van der Waals surface area contributed by atoms with Crippen LogP contribution in [0.25, 0.3) is 0 Å². The lowest BCUT2D eigenvalue weighted by Crippen LogP contribution is -2.37. The van der Waals surface area contributed by atoms with E-state index in [1.807, 2.05) is 11.0 Å². The molecule has 0 atom stereocenters. The second-order valence-corrected chi connectivity index (χ2v) is 8.50. The average molecular weight is 370 g/mol. The first-order valence-corrected chi connectivity index (χ1v) is 10.7. The van der Waals surface area contributed by atoms with Gasteiger partial charge in [-0.3, -0.25) is 13.9 Å². The number of carbonyl (C=O) groups is 1. The average Bonchev–Trinajstić information content (AvgIpc) is 3.04. The summed E-state index contributed by atoms with van der Waals surface area (Å²) in [6, 6.07) is 3.61. The molecule has 1 aromatic heterocycles. The zero-order chi connectivity index (χ0) is 17.9. The lowest BCUT2D eigenvalue weighted by Gasteiger charge is -2.30. The first-order chi connectivity index (χ1) is 11.9. The van der Waals surface area contributed by atoms with Crippen LogP contribution in [0, 0.1) is 0 Å². The molecule has 0 unspecified atom stereocenters. The molecule has 0 bridgehead atoms. The Morgan fingerprint density at radius 2 is 1.84 bits per heavy atom. The number of furan rings is 1. The Morgan fingerprint density at radius 3 is 2.48 bits per heavy atom. The van der Waals surface area contributed by atoms with Gasteiger partial charge < -0.3 is 9.32 Å². The lowest BCUT2D eigenvalue weighted by atomic mass is 10.1. The van der Waals surface area contributed by atoms with Gasteiger partial charge in [0.05, 0.1) is 18.9 Å². The van der Waals surface area contributed by atoms with Crippen LogP contribution in [0.1, 0.15) is 48.4 Å². The molecule has 0 saturated carbocycles. The summed E-state index contributed by atoms with van der Waals surface area (Å²) in [4.78, 5) is 16.5. The summed E-state index contributed by atoms with van der Waals surface area (Å²) in [7, 11) is -3.40. The maximum atomic E-state index is 12.4. The van der Waals surface area contributed by atoms with Gasteiger partial charge in [-0.15, -0.1) is 0 Å². The van der Waals surface area contributed by atoms with Gasteiger partial charge in [-0.2, -0.15) is 8.42 Å². The van der Waals surface area contributed by atoms with Gasteiger partial charge in [0.2, 0.25) is 0 Å². The van der Waals surface area contributed by atoms with Crippen LogP contribution in [0.3, 0.4) is 0 Å². The van der Waals surface area contributed by atoms with Crippen molar-refractivity contribution in [2.75, 3.05) is 32.4 Å². The summed E-state index contributed by atoms with van der Waals surface area (Å²) in [5.41, 5.74) is 0. The molecule has 7 nitrogen and oxygen atoms in total. The van der Waals surface area contributed by atoms with Crippen molar-refractivity contribution in [2.45, 2.75) is 44.8 Å². The Balaban J connectivity index is 1.50. The summed E-state index contributed by atoms with van der Waals surface area (Å²) in [6.45, 7) is 3.73. The van der Waals surface area contributed by atoms with Crippen molar-refractivity contribution in [1.82, 2.24) is 9.80 Å². The van der Waals surface area contributed by atoms with Gasteiger partial charge in [0.1, 0.15) is 5.76 Å². The summed E-state index contributed by atoms with van der Waals surface area (Å²) in [5.74, 6) is 1.15. The van der Waals surface area contributed by atoms with Crippen molar-refractivity contribution in [3.63, 3.8) is 0 Å². The number of carbonyl (C=O) groups excluding carboxylic acids is 1. The minimum Gasteiger partial charge on any atom is -0.455 e. The van der Waals surface area contributed by atoms with Gasteiger partial charge in [-0.05, 0) is 44.2 Å². The van der Waals surface area contributed by atoms with E-state index in [0.29, 0.717) is 25.1 Å². The molecule has 3 heterocycles. The largest absolute Gasteiger partial charge is 0.455 e. The van der Waals surface area contributed by atoms with E-state index in [1.165, 1.54) is 6.42 Å². The van der Waals surface area contributed by atoms with Crippen molar-refractivity contribution in [2.24, 2.45) is 0 Å². The molecule has 2 aliphatic rings. The molecule has 8 heteroatoms. The number of piperidine rings is 2. The van der Waals surface area contributed by atoms with Crippen LogP contribution in [-0.2, 0) is 20.8 Å². The first kappa shape index (κ1) is 18.4. The summed E-state index contributed by atoms with van der Waals surface area (Å²) < 4.78 is 33.2. The molecular weight excluding hydrogens is 344 g/mol. The van der Waals surface area contributed by atoms with E-state index >= 15 is 0 Å². The van der Waals surface area contributed by atoms with E-state index in [-0.39, 0.29) is 12.0 Å². The lowest BCUT2D eigenvalue weighted by molar-refractivity contribution is 0.0684. The fourth-order valence-corrected chi connectivity index (χ4v) is 4.15. The first-order valence-electron chi connectivity index (χ1n) is 8.89. The Bertz CT molecular complexity index is 686. The highest BCUT2D eigenvalue weighted by molar-refractivity contribution is 7.86. The molecule has 0 spiro atoms. The van der Waals surface area contributed by atoms with Crippen LogP contribution >= 0.6 is 0 Å². The fourth-order valence-electron chi connectivity index (χ4n) is 3.46. The maximum Gasteiger partial charge on any atom is 0.289 e. The van der Waals surface area contributed by atoms with Crippen LogP contribution in [0.4, 0.5) is 0 Å². The highest BCUT2D eigenvalue weighted by Gasteiger charge is 2.25. The third-order valence-corrected chi connectivity index (χ3v) is 5.36. The number of hydrogen-bond donors (Lipinski definition) is 0. The molecule has 3 rings (SSSR count). The molecule has 1 aromatic rings. The summed E-state index contributed by atoms with van der Waals surface area (Å²) in [5, 5.41) is 0. The molecule has 1 amide bonds. The van der Waals surface area contributed by atoms with Crippen molar-refractivity contribution in [3.8, 4) is 0 Å². The standard InChI is InChI=1S/C17H26N2O5S/c1-25(21,22)24-14-7-11-18(12-8-14)13-15-5-6-16(23-15)17(20)19-9-3-2-4-10-19/h5-6,14H,2-4,7-13H2,1H3. The van der Waals surface area contributed by atoms with Crippen molar-refractivity contribution < 1.29 is 21.8 Å². The predicted molar refractivity (Wildman–Crippen MR) is 92.7 cm³/mol. The topological polar surface area (TPSA) is 80.1 Å². The highest BCUT2D eigenvalue weighted by Crippen LogP contribution is 2.20. The smallest absolute Gasteiger partial charge is 0.289 e. The third-order valence-electron chi connectivity index (χ3n) is 4.74. The van der Waals surface area contributed by atoms with Gasteiger partial charge in [0, 0.05) is 26.2 Å². The Labute approximate surface area is 149 Å². The fraction of sp³-hybridized carbons (Fsp3) is 0.706. The van der Waals surface area contributed by atoms with Gasteiger partial charge >= 0.3 is 0 Å². The third kappa shape index (κ3) is 5.29. The summed E-state index contributed by atoms with van der Waals surface area (Å²) >= 11 is 0. The number of rotatable bonds is 5. The van der Waals surface area contributed by atoms with Crippen molar-refractivity contribution >= 4 is 16.0 Å². The van der Waals surface area contributed by atoms with E-state index in [0.717, 1.165) is 51.0 Å². The normalized spacial score (nSPS) is 20.8. The molecule has 0 radical (unpaired) electrons. The van der Waals surface area contributed by atoms with E-state index in [4.69, 9.17) is 8.60 Å². The zero-order valence-corrected chi connectivity index (χ0v) is 15.5. The molecule has 25 heavy (non-hydrogen) atoms. The molecular formula is C17H26N2O5S. The minimum atomic E-state index is -3.40. The number of likely N-dealkylation sites (tertiary alicyclic amines) is 2. The molecule has 2 fully saturated rings. The SMILES string of the molecule is CS(=O)(=O)OC1CCN(Cc2ccc(C(=O)N3CCCCC3)o2)CC1. The van der Waals surface area contributed by atoms with Gasteiger partial charge in [0.15, 0.2) is 5.76 Å². The Hall–Kier alpha value is -1.38. The molecule has 2 aliphatic heterocycles. The van der Waals surface area contributed by atoms with Gasteiger partial charge in [-0.25, -0.2) is 0 Å². The maximum absolute atomic E-state index is 12.4. The van der Waals surface area contributed by atoms with E-state index in [2.05, 4.69) is 4.90 Å². The van der Waals surface area contributed by atoms with E-state index in [9.17, 15) is 13.2 Å². The molecule has 0 N–H and O–H groups in total. The van der Waals surface area contributed by atoms with Crippen molar-refractivity contribution in [3.05, 3.63) is 23.7 Å². The zero-order valence-electron chi connectivity index (χ0n) is 14.6. The van der Waals surface area contributed by atoms with Crippen LogP contribution in [0.15, 0.2) is 16.5 Å². The molecule has 2 saturated heterocycles. The van der Waals surface area contributed by atoms with Crippen LogP contribution in [0.2, 0.25) is 0 Å². The van der Waals surface area contributed by atoms with E-state index in [1.54, 1.807) is 6.07 Å². The van der Waals surface area contributed by atoms with Gasteiger partial charge in [0.25, 0.3) is 16.0 Å². The van der Waals surface area contributed by atoms with Crippen molar-refractivity contribution in [1.29, 1.82) is 0 Å². The molecule has 0 aliphatic carbocycles. The minimum absolute atomic E-state index is 0.0220. The molecule has 140 valence electrons. The quantitative estimate of drug-likeness (QED) is 0.736. The molecule has 0 aromatic carbocycles. The number of amides is 1. The van der Waals surface area contributed by atoms with E-state index < -0.39 is 10.1 Å². The Kier molecular flexibility index (Phi) is 5.81. The second kappa shape index (κ2) is 7.88. The summed E-state index contributed by atoms with van der Waals surface area (Å²) in [6.07, 6.45) is 5.50. The van der Waals surface area contributed by atoms with Gasteiger partial charge in [-0.1, -0.05) is 0 Å².